The first kappa shape index (κ1) is 19.3. The van der Waals surface area contributed by atoms with E-state index >= 15 is 0 Å². The number of hydrogen-bond acceptors (Lipinski definition) is 7. The number of benzene rings is 2. The Morgan fingerprint density at radius 1 is 0.933 bits per heavy atom. The summed E-state index contributed by atoms with van der Waals surface area (Å²) >= 11 is 0. The molecule has 0 radical (unpaired) electrons. The van der Waals surface area contributed by atoms with Crippen molar-refractivity contribution in [2.24, 2.45) is 0 Å². The van der Waals surface area contributed by atoms with Gasteiger partial charge in [-0.1, -0.05) is 0 Å². The zero-order valence-electron chi connectivity index (χ0n) is 16.7. The third kappa shape index (κ3) is 3.62. The van der Waals surface area contributed by atoms with Gasteiger partial charge in [-0.25, -0.2) is 9.48 Å². The lowest BCUT2D eigenvalue weighted by atomic mass is 10.1. The van der Waals surface area contributed by atoms with E-state index in [9.17, 15) is 4.79 Å². The summed E-state index contributed by atoms with van der Waals surface area (Å²) in [6.07, 6.45) is 5.15. The van der Waals surface area contributed by atoms with E-state index in [2.05, 4.69) is 10.1 Å². The van der Waals surface area contributed by atoms with Crippen molar-refractivity contribution >= 4 is 16.9 Å². The Kier molecular flexibility index (Phi) is 5.21. The Labute approximate surface area is 172 Å². The summed E-state index contributed by atoms with van der Waals surface area (Å²) in [6.45, 7) is 0. The summed E-state index contributed by atoms with van der Waals surface area (Å²) in [7, 11) is 4.39. The van der Waals surface area contributed by atoms with Crippen LogP contribution in [0.25, 0.3) is 16.6 Å². The van der Waals surface area contributed by atoms with Crippen LogP contribution in [0.15, 0.2) is 61.1 Å². The molecular weight excluding hydrogens is 386 g/mol. The molecule has 0 spiro atoms. The van der Waals surface area contributed by atoms with Crippen molar-refractivity contribution in [3.63, 3.8) is 0 Å². The molecule has 2 aromatic heterocycles. The number of aromatic nitrogens is 3. The number of carbonyl (C=O) groups excluding carboxylic acids is 1. The molecule has 4 rings (SSSR count). The van der Waals surface area contributed by atoms with E-state index in [1.165, 1.54) is 14.2 Å². The summed E-state index contributed by atoms with van der Waals surface area (Å²) in [5.74, 6) is 1.55. The van der Waals surface area contributed by atoms with Crippen molar-refractivity contribution in [3.05, 3.63) is 66.6 Å². The summed E-state index contributed by atoms with van der Waals surface area (Å²) in [5.41, 5.74) is 1.69. The van der Waals surface area contributed by atoms with E-state index in [0.717, 1.165) is 5.69 Å². The number of esters is 1. The second kappa shape index (κ2) is 8.12. The fourth-order valence-corrected chi connectivity index (χ4v) is 3.09. The molecule has 0 aliphatic carbocycles. The molecule has 0 saturated carbocycles. The summed E-state index contributed by atoms with van der Waals surface area (Å²) in [4.78, 5) is 16.5. The molecular formula is C22H19N3O5. The van der Waals surface area contributed by atoms with Crippen LogP contribution in [-0.4, -0.2) is 42.1 Å². The summed E-state index contributed by atoms with van der Waals surface area (Å²) < 4.78 is 23.5. The second-order valence-corrected chi connectivity index (χ2v) is 6.29. The number of ether oxygens (including phenoxy) is 4. The number of hydrogen-bond donors (Lipinski definition) is 0. The van der Waals surface area contributed by atoms with Gasteiger partial charge in [0.15, 0.2) is 0 Å². The molecule has 4 aromatic rings. The third-order valence-electron chi connectivity index (χ3n) is 4.53. The first-order valence-corrected chi connectivity index (χ1v) is 9.05. The van der Waals surface area contributed by atoms with E-state index in [4.69, 9.17) is 18.9 Å². The van der Waals surface area contributed by atoms with Crippen LogP contribution >= 0.6 is 0 Å². The van der Waals surface area contributed by atoms with E-state index in [1.807, 2.05) is 24.4 Å². The summed E-state index contributed by atoms with van der Waals surface area (Å²) in [5, 5.41) is 4.89. The van der Waals surface area contributed by atoms with Crippen molar-refractivity contribution in [3.8, 4) is 28.7 Å². The van der Waals surface area contributed by atoms with Crippen molar-refractivity contribution in [1.82, 2.24) is 14.8 Å². The number of fused-ring (bicyclic) bond motifs is 1. The maximum atomic E-state index is 12.2. The lowest BCUT2D eigenvalue weighted by molar-refractivity contribution is 0.0597. The Morgan fingerprint density at radius 3 is 2.47 bits per heavy atom. The van der Waals surface area contributed by atoms with Crippen LogP contribution in [-0.2, 0) is 4.74 Å². The van der Waals surface area contributed by atoms with Gasteiger partial charge in [0.25, 0.3) is 0 Å². The van der Waals surface area contributed by atoms with Crippen LogP contribution < -0.4 is 14.2 Å². The molecule has 2 heterocycles. The molecule has 0 amide bonds. The first-order valence-electron chi connectivity index (χ1n) is 9.05. The van der Waals surface area contributed by atoms with Gasteiger partial charge in [-0.2, -0.15) is 5.10 Å². The zero-order chi connectivity index (χ0) is 21.1. The highest BCUT2D eigenvalue weighted by atomic mass is 16.5. The second-order valence-electron chi connectivity index (χ2n) is 6.29. The number of nitrogens with zero attached hydrogens (tertiary/aromatic N) is 3. The van der Waals surface area contributed by atoms with Crippen molar-refractivity contribution in [2.45, 2.75) is 0 Å². The van der Waals surface area contributed by atoms with Crippen molar-refractivity contribution in [2.75, 3.05) is 21.3 Å². The van der Waals surface area contributed by atoms with Gasteiger partial charge in [0.1, 0.15) is 28.6 Å². The van der Waals surface area contributed by atoms with Gasteiger partial charge in [-0.15, -0.1) is 0 Å². The Hall–Kier alpha value is -4.07. The van der Waals surface area contributed by atoms with Crippen LogP contribution in [0, 0.1) is 0 Å². The molecule has 0 aliphatic rings. The fraction of sp³-hybridized carbons (Fsp3) is 0.136. The number of rotatable bonds is 6. The maximum absolute atomic E-state index is 12.2. The zero-order valence-corrected chi connectivity index (χ0v) is 16.7. The predicted octanol–water partition coefficient (Wildman–Crippen LogP) is 4.02. The van der Waals surface area contributed by atoms with E-state index in [0.29, 0.717) is 33.9 Å². The van der Waals surface area contributed by atoms with E-state index < -0.39 is 5.97 Å². The molecule has 152 valence electrons. The number of carbonyl (C=O) groups is 1. The summed E-state index contributed by atoms with van der Waals surface area (Å²) in [6, 6.07) is 12.3. The van der Waals surface area contributed by atoms with Gasteiger partial charge in [0.05, 0.1) is 32.5 Å². The van der Waals surface area contributed by atoms with E-state index in [1.54, 1.807) is 48.5 Å². The lowest BCUT2D eigenvalue weighted by Gasteiger charge is -2.14. The van der Waals surface area contributed by atoms with Gasteiger partial charge < -0.3 is 18.9 Å². The van der Waals surface area contributed by atoms with Gasteiger partial charge in [0, 0.05) is 48.2 Å². The number of methoxy groups -OCH3 is 3. The van der Waals surface area contributed by atoms with E-state index in [-0.39, 0.29) is 5.56 Å². The Morgan fingerprint density at radius 2 is 1.77 bits per heavy atom. The average molecular weight is 405 g/mol. The van der Waals surface area contributed by atoms with Crippen LogP contribution in [0.2, 0.25) is 0 Å². The van der Waals surface area contributed by atoms with Crippen molar-refractivity contribution < 1.29 is 23.7 Å². The minimum absolute atomic E-state index is 0.285. The third-order valence-corrected chi connectivity index (χ3v) is 4.53. The first-order chi connectivity index (χ1) is 14.6. The molecule has 2 aromatic carbocycles. The van der Waals surface area contributed by atoms with Gasteiger partial charge in [-0.05, 0) is 18.2 Å². The highest BCUT2D eigenvalue weighted by molar-refractivity contribution is 5.99. The topological polar surface area (TPSA) is 84.7 Å². The Balaban J connectivity index is 1.81. The normalized spacial score (nSPS) is 10.6. The smallest absolute Gasteiger partial charge is 0.341 e. The largest absolute Gasteiger partial charge is 0.497 e. The standard InChI is InChI=1S/C22H19N3O5/c1-27-15-9-14(25-8-4-6-24-25)10-16(11-15)30-20-5-7-23-19-13-21(28-2)18(12-17(19)20)22(26)29-3/h4-13H,1-3H3. The monoisotopic (exact) mass is 405 g/mol. The maximum Gasteiger partial charge on any atom is 0.341 e. The molecule has 30 heavy (non-hydrogen) atoms. The molecule has 0 unspecified atom stereocenters. The molecule has 0 N–H and O–H groups in total. The quantitative estimate of drug-likeness (QED) is 0.448. The molecule has 0 atom stereocenters. The minimum Gasteiger partial charge on any atom is -0.497 e. The molecule has 8 heteroatoms. The average Bonchev–Trinajstić information content (AvgIpc) is 3.32. The number of pyridine rings is 1. The lowest BCUT2D eigenvalue weighted by Crippen LogP contribution is -2.04. The van der Waals surface area contributed by atoms with Crippen LogP contribution in [0.1, 0.15) is 10.4 Å². The molecule has 0 fully saturated rings. The predicted molar refractivity (Wildman–Crippen MR) is 110 cm³/mol. The molecule has 0 bridgehead atoms. The molecule has 0 saturated heterocycles. The highest BCUT2D eigenvalue weighted by Crippen LogP contribution is 2.35. The molecule has 8 nitrogen and oxygen atoms in total. The van der Waals surface area contributed by atoms with Crippen molar-refractivity contribution in [1.29, 1.82) is 0 Å². The Bertz CT molecular complexity index is 1210. The van der Waals surface area contributed by atoms with Gasteiger partial charge in [0.2, 0.25) is 0 Å². The van der Waals surface area contributed by atoms with Gasteiger partial charge in [-0.3, -0.25) is 4.98 Å². The van der Waals surface area contributed by atoms with Gasteiger partial charge >= 0.3 is 5.97 Å². The minimum atomic E-state index is -0.508. The van der Waals surface area contributed by atoms with Crippen LogP contribution in [0.5, 0.6) is 23.0 Å². The highest BCUT2D eigenvalue weighted by Gasteiger charge is 2.17. The van der Waals surface area contributed by atoms with Crippen LogP contribution in [0.4, 0.5) is 0 Å². The SMILES string of the molecule is COC(=O)c1cc2c(Oc3cc(OC)cc(-n4cccn4)c3)ccnc2cc1OC. The fourth-order valence-electron chi connectivity index (χ4n) is 3.09. The molecule has 0 aliphatic heterocycles. The van der Waals surface area contributed by atoms with Crippen LogP contribution in [0.3, 0.4) is 0 Å².